The van der Waals surface area contributed by atoms with Gasteiger partial charge in [-0.2, -0.15) is 0 Å². The van der Waals surface area contributed by atoms with E-state index in [1.807, 2.05) is 36.7 Å². The Morgan fingerprint density at radius 1 is 1.12 bits per heavy atom. The number of benzene rings is 1. The van der Waals surface area contributed by atoms with Gasteiger partial charge in [-0.3, -0.25) is 9.78 Å². The van der Waals surface area contributed by atoms with E-state index in [0.29, 0.717) is 18.2 Å². The molecule has 1 fully saturated rings. The van der Waals surface area contributed by atoms with E-state index in [1.54, 1.807) is 19.2 Å². The van der Waals surface area contributed by atoms with Crippen LogP contribution in [0.15, 0.2) is 48.8 Å². The molecular formula is C20H25N3O3. The minimum absolute atomic E-state index is 0.0299. The summed E-state index contributed by atoms with van der Waals surface area (Å²) in [5.74, 6) is 1.85. The average Bonchev–Trinajstić information content (AvgIpc) is 2.72. The Labute approximate surface area is 154 Å². The van der Waals surface area contributed by atoms with Gasteiger partial charge < -0.3 is 19.7 Å². The molecule has 1 aliphatic heterocycles. The van der Waals surface area contributed by atoms with E-state index in [4.69, 9.17) is 9.47 Å². The summed E-state index contributed by atoms with van der Waals surface area (Å²) in [5, 5.41) is 2.98. The smallest absolute Gasteiger partial charge is 0.257 e. The molecule has 6 nitrogen and oxygen atoms in total. The molecule has 3 rings (SSSR count). The Kier molecular flexibility index (Phi) is 6.30. The summed E-state index contributed by atoms with van der Waals surface area (Å²) in [5.41, 5.74) is 1.22. The van der Waals surface area contributed by atoms with Gasteiger partial charge in [-0.15, -0.1) is 0 Å². The summed E-state index contributed by atoms with van der Waals surface area (Å²) in [4.78, 5) is 18.4. The molecule has 1 aromatic heterocycles. The first-order chi connectivity index (χ1) is 12.7. The van der Waals surface area contributed by atoms with Gasteiger partial charge in [-0.25, -0.2) is 0 Å². The topological polar surface area (TPSA) is 63.7 Å². The number of pyridine rings is 1. The Balaban J connectivity index is 1.34. The number of ether oxygens (including phenoxy) is 2. The third kappa shape index (κ3) is 5.12. The maximum Gasteiger partial charge on any atom is 0.257 e. The van der Waals surface area contributed by atoms with Crippen molar-refractivity contribution in [3.05, 3.63) is 48.8 Å². The van der Waals surface area contributed by atoms with Gasteiger partial charge in [0, 0.05) is 37.7 Å². The summed E-state index contributed by atoms with van der Waals surface area (Å²) >= 11 is 0. The maximum atomic E-state index is 12.0. The second-order valence-electron chi connectivity index (χ2n) is 6.40. The van der Waals surface area contributed by atoms with Crippen molar-refractivity contribution >= 4 is 11.6 Å². The average molecular weight is 355 g/mol. The van der Waals surface area contributed by atoms with Crippen LogP contribution in [0.3, 0.4) is 0 Å². The maximum absolute atomic E-state index is 12.0. The van der Waals surface area contributed by atoms with Gasteiger partial charge in [0.1, 0.15) is 11.5 Å². The summed E-state index contributed by atoms with van der Waals surface area (Å²) in [6, 6.07) is 11.3. The summed E-state index contributed by atoms with van der Waals surface area (Å²) in [6.07, 6.45) is 5.79. The van der Waals surface area contributed by atoms with Crippen molar-refractivity contribution < 1.29 is 14.3 Å². The van der Waals surface area contributed by atoms with Crippen molar-refractivity contribution in [3.63, 3.8) is 0 Å². The Hall–Kier alpha value is -2.76. The molecule has 0 saturated carbocycles. The highest BCUT2D eigenvalue weighted by Gasteiger charge is 2.20. The molecule has 1 saturated heterocycles. The van der Waals surface area contributed by atoms with Crippen molar-refractivity contribution in [2.45, 2.75) is 12.8 Å². The fourth-order valence-corrected chi connectivity index (χ4v) is 3.08. The molecular weight excluding hydrogens is 330 g/mol. The molecule has 0 atom stereocenters. The van der Waals surface area contributed by atoms with Crippen LogP contribution < -0.4 is 19.7 Å². The quantitative estimate of drug-likeness (QED) is 0.827. The molecule has 0 bridgehead atoms. The zero-order valence-corrected chi connectivity index (χ0v) is 15.1. The highest BCUT2D eigenvalue weighted by atomic mass is 16.5. The van der Waals surface area contributed by atoms with Gasteiger partial charge in [0.2, 0.25) is 0 Å². The number of nitrogens with zero attached hydrogens (tertiary/aromatic N) is 2. The molecule has 0 radical (unpaired) electrons. The van der Waals surface area contributed by atoms with Gasteiger partial charge in [0.05, 0.1) is 7.11 Å². The van der Waals surface area contributed by atoms with Crippen LogP contribution in [-0.2, 0) is 4.79 Å². The first kappa shape index (κ1) is 18.0. The van der Waals surface area contributed by atoms with Crippen LogP contribution in [0, 0.1) is 5.92 Å². The first-order valence-corrected chi connectivity index (χ1v) is 8.93. The molecule has 26 heavy (non-hydrogen) atoms. The number of amides is 1. The summed E-state index contributed by atoms with van der Waals surface area (Å²) in [6.45, 7) is 2.75. The second kappa shape index (κ2) is 9.08. The predicted molar refractivity (Wildman–Crippen MR) is 101 cm³/mol. The monoisotopic (exact) mass is 355 g/mol. The van der Waals surface area contributed by atoms with Crippen molar-refractivity contribution in [1.82, 2.24) is 10.3 Å². The summed E-state index contributed by atoms with van der Waals surface area (Å²) in [7, 11) is 1.62. The van der Waals surface area contributed by atoms with E-state index >= 15 is 0 Å². The number of carbonyl (C=O) groups is 1. The van der Waals surface area contributed by atoms with E-state index in [9.17, 15) is 4.79 Å². The SMILES string of the molecule is COc1ccc(OCC(=O)NCC2CCN(c3ccncc3)CC2)cc1. The third-order valence-corrected chi connectivity index (χ3v) is 4.66. The van der Waals surface area contributed by atoms with E-state index in [0.717, 1.165) is 31.7 Å². The van der Waals surface area contributed by atoms with E-state index in [-0.39, 0.29) is 12.5 Å². The lowest BCUT2D eigenvalue weighted by Crippen LogP contribution is -2.39. The third-order valence-electron chi connectivity index (χ3n) is 4.66. The number of carbonyl (C=O) groups excluding carboxylic acids is 1. The molecule has 0 aliphatic carbocycles. The first-order valence-electron chi connectivity index (χ1n) is 8.93. The van der Waals surface area contributed by atoms with Crippen LogP contribution in [0.25, 0.3) is 0 Å². The normalized spacial score (nSPS) is 14.7. The van der Waals surface area contributed by atoms with Crippen LogP contribution in [0.4, 0.5) is 5.69 Å². The molecule has 2 heterocycles. The fourth-order valence-electron chi connectivity index (χ4n) is 3.08. The number of nitrogens with one attached hydrogen (secondary N) is 1. The van der Waals surface area contributed by atoms with Crippen LogP contribution in [0.1, 0.15) is 12.8 Å². The standard InChI is InChI=1S/C20H25N3O3/c1-25-18-2-4-19(5-3-18)26-15-20(24)22-14-16-8-12-23(13-9-16)17-6-10-21-11-7-17/h2-7,10-11,16H,8-9,12-15H2,1H3,(H,22,24). The zero-order chi connectivity index (χ0) is 18.2. The summed E-state index contributed by atoms with van der Waals surface area (Å²) < 4.78 is 10.6. The molecule has 1 N–H and O–H groups in total. The van der Waals surface area contributed by atoms with Crippen molar-refractivity contribution in [1.29, 1.82) is 0 Å². The Morgan fingerprint density at radius 2 is 1.77 bits per heavy atom. The van der Waals surface area contributed by atoms with E-state index in [2.05, 4.69) is 15.2 Å². The zero-order valence-electron chi connectivity index (χ0n) is 15.1. The molecule has 1 amide bonds. The van der Waals surface area contributed by atoms with Crippen LogP contribution in [0.5, 0.6) is 11.5 Å². The minimum atomic E-state index is -0.0858. The number of methoxy groups -OCH3 is 1. The number of hydrogen-bond donors (Lipinski definition) is 1. The number of rotatable bonds is 7. The van der Waals surface area contributed by atoms with E-state index < -0.39 is 0 Å². The number of piperidine rings is 1. The number of hydrogen-bond acceptors (Lipinski definition) is 5. The van der Waals surface area contributed by atoms with Crippen LogP contribution in [0.2, 0.25) is 0 Å². The minimum Gasteiger partial charge on any atom is -0.497 e. The number of aromatic nitrogens is 1. The van der Waals surface area contributed by atoms with Crippen LogP contribution in [-0.4, -0.2) is 44.2 Å². The van der Waals surface area contributed by atoms with Gasteiger partial charge >= 0.3 is 0 Å². The molecule has 6 heteroatoms. The van der Waals surface area contributed by atoms with Gasteiger partial charge in [0.15, 0.2) is 6.61 Å². The highest BCUT2D eigenvalue weighted by Crippen LogP contribution is 2.22. The van der Waals surface area contributed by atoms with Crippen molar-refractivity contribution in [2.75, 3.05) is 38.3 Å². The lowest BCUT2D eigenvalue weighted by atomic mass is 9.96. The number of anilines is 1. The molecule has 1 aromatic carbocycles. The molecule has 1 aliphatic rings. The Bertz CT molecular complexity index is 683. The Morgan fingerprint density at radius 3 is 2.42 bits per heavy atom. The van der Waals surface area contributed by atoms with Gasteiger partial charge in [-0.05, 0) is 55.2 Å². The predicted octanol–water partition coefficient (Wildman–Crippen LogP) is 2.50. The highest BCUT2D eigenvalue weighted by molar-refractivity contribution is 5.77. The van der Waals surface area contributed by atoms with Gasteiger partial charge in [-0.1, -0.05) is 0 Å². The second-order valence-corrected chi connectivity index (χ2v) is 6.40. The molecule has 0 unspecified atom stereocenters. The molecule has 2 aromatic rings. The molecule has 138 valence electrons. The lowest BCUT2D eigenvalue weighted by molar-refractivity contribution is -0.123. The largest absolute Gasteiger partial charge is 0.497 e. The molecule has 0 spiro atoms. The van der Waals surface area contributed by atoms with Gasteiger partial charge in [0.25, 0.3) is 5.91 Å². The van der Waals surface area contributed by atoms with Crippen molar-refractivity contribution in [3.8, 4) is 11.5 Å². The van der Waals surface area contributed by atoms with Crippen molar-refractivity contribution in [2.24, 2.45) is 5.92 Å². The van der Waals surface area contributed by atoms with Crippen LogP contribution >= 0.6 is 0 Å². The lowest BCUT2D eigenvalue weighted by Gasteiger charge is -2.33. The van der Waals surface area contributed by atoms with E-state index in [1.165, 1.54) is 5.69 Å². The fraction of sp³-hybridized carbons (Fsp3) is 0.400.